The first-order valence-corrected chi connectivity index (χ1v) is 14.6. The highest BCUT2D eigenvalue weighted by Gasteiger charge is 2.24. The predicted octanol–water partition coefficient (Wildman–Crippen LogP) is 5.26. The van der Waals surface area contributed by atoms with E-state index in [2.05, 4.69) is 10.0 Å². The number of amides is 1. The number of aryl methyl sites for hydroxylation is 4. The normalized spacial score (nSPS) is 12.2. The zero-order chi connectivity index (χ0) is 29.8. The van der Waals surface area contributed by atoms with E-state index >= 15 is 0 Å². The number of sulfonamides is 1. The van der Waals surface area contributed by atoms with Crippen molar-refractivity contribution in [1.82, 2.24) is 10.2 Å². The minimum atomic E-state index is -3.85. The second-order valence-electron chi connectivity index (χ2n) is 10.2. The molecule has 0 heterocycles. The number of esters is 1. The molecule has 0 saturated carbocycles. The van der Waals surface area contributed by atoms with Gasteiger partial charge in [-0.05, 0) is 106 Å². The second-order valence-corrected chi connectivity index (χ2v) is 12.2. The monoisotopic (exact) mass is 585 g/mol. The molecule has 0 aromatic heterocycles. The van der Waals surface area contributed by atoms with Gasteiger partial charge in [0.25, 0.3) is 15.9 Å². The van der Waals surface area contributed by atoms with E-state index in [1.54, 1.807) is 44.2 Å². The van der Waals surface area contributed by atoms with Gasteiger partial charge in [-0.1, -0.05) is 35.9 Å². The van der Waals surface area contributed by atoms with Crippen LogP contribution in [0.15, 0.2) is 53.4 Å². The Bertz CT molecular complexity index is 1510. The fraction of sp³-hybridized carbons (Fsp3) is 0.333. The van der Waals surface area contributed by atoms with Gasteiger partial charge in [0.2, 0.25) is 0 Å². The molecule has 1 amide bonds. The Morgan fingerprint density at radius 2 is 1.57 bits per heavy atom. The zero-order valence-electron chi connectivity index (χ0n) is 23.9. The summed E-state index contributed by atoms with van der Waals surface area (Å²) in [4.78, 5) is 27.6. The summed E-state index contributed by atoms with van der Waals surface area (Å²) in [6.45, 7) is 7.73. The number of halogens is 1. The van der Waals surface area contributed by atoms with Crippen molar-refractivity contribution in [2.75, 3.05) is 32.5 Å². The Labute approximate surface area is 241 Å². The van der Waals surface area contributed by atoms with Crippen LogP contribution < -0.4 is 10.0 Å². The Hall–Kier alpha value is -3.40. The molecule has 3 rings (SSSR count). The highest BCUT2D eigenvalue weighted by Crippen LogP contribution is 2.30. The zero-order valence-corrected chi connectivity index (χ0v) is 25.5. The molecule has 3 aromatic rings. The van der Waals surface area contributed by atoms with E-state index < -0.39 is 22.0 Å². The highest BCUT2D eigenvalue weighted by molar-refractivity contribution is 7.92. The van der Waals surface area contributed by atoms with Gasteiger partial charge in [0.15, 0.2) is 0 Å². The number of carbonyl (C=O) groups is 2. The summed E-state index contributed by atoms with van der Waals surface area (Å²) in [5, 5.41) is 3.33. The average molecular weight is 586 g/mol. The third kappa shape index (κ3) is 7.41. The van der Waals surface area contributed by atoms with Crippen molar-refractivity contribution in [3.63, 3.8) is 0 Å². The lowest BCUT2D eigenvalue weighted by atomic mass is 9.94. The molecule has 10 heteroatoms. The maximum atomic E-state index is 13.2. The summed E-state index contributed by atoms with van der Waals surface area (Å²) >= 11 is 6.15. The molecule has 40 heavy (non-hydrogen) atoms. The number of ether oxygens (including phenoxy) is 1. The van der Waals surface area contributed by atoms with Crippen LogP contribution in [0, 0.1) is 27.7 Å². The fourth-order valence-electron chi connectivity index (χ4n) is 4.51. The quantitative estimate of drug-likeness (QED) is 0.314. The number of benzene rings is 3. The van der Waals surface area contributed by atoms with Crippen LogP contribution in [0.5, 0.6) is 0 Å². The molecule has 0 aliphatic carbocycles. The molecule has 3 aromatic carbocycles. The molecule has 0 spiro atoms. The minimum absolute atomic E-state index is 0.165. The van der Waals surface area contributed by atoms with Crippen molar-refractivity contribution >= 4 is 39.2 Å². The fourth-order valence-corrected chi connectivity index (χ4v) is 6.09. The van der Waals surface area contributed by atoms with Gasteiger partial charge >= 0.3 is 5.97 Å². The minimum Gasteiger partial charge on any atom is -0.467 e. The maximum Gasteiger partial charge on any atom is 0.328 e. The van der Waals surface area contributed by atoms with E-state index in [0.717, 1.165) is 22.3 Å². The maximum absolute atomic E-state index is 13.2. The summed E-state index contributed by atoms with van der Waals surface area (Å²) < 4.78 is 33.9. The molecule has 0 aliphatic rings. The number of hydrogen-bond donors (Lipinski definition) is 2. The largest absolute Gasteiger partial charge is 0.467 e. The summed E-state index contributed by atoms with van der Waals surface area (Å²) in [7, 11) is 1.23. The molecule has 2 N–H and O–H groups in total. The third-order valence-corrected chi connectivity index (χ3v) is 8.54. The standard InChI is InChI=1S/C30H36ClN3O5S/c1-18-16-27(19(2)15-25(18)31)40(37,38)33-24-10-8-9-22(17-24)23-13-20(3)28(21(4)14-23)29(35)32-26(30(36)39-7)11-12-34(5)6/h8-10,13-17,26,33H,11-12H2,1-7H3,(H,32,35)/t26-/m0/s1. The summed E-state index contributed by atoms with van der Waals surface area (Å²) in [6.07, 6.45) is 0.416. The second kappa shape index (κ2) is 12.8. The van der Waals surface area contributed by atoms with Gasteiger partial charge in [0.1, 0.15) is 6.04 Å². The Morgan fingerprint density at radius 1 is 0.925 bits per heavy atom. The van der Waals surface area contributed by atoms with E-state index in [9.17, 15) is 18.0 Å². The van der Waals surface area contributed by atoms with E-state index in [0.29, 0.717) is 40.4 Å². The van der Waals surface area contributed by atoms with Crippen LogP contribution in [0.1, 0.15) is 39.0 Å². The van der Waals surface area contributed by atoms with Gasteiger partial charge in [0.05, 0.1) is 12.0 Å². The Morgan fingerprint density at radius 3 is 2.17 bits per heavy atom. The summed E-state index contributed by atoms with van der Waals surface area (Å²) in [6, 6.07) is 13.2. The van der Waals surface area contributed by atoms with Crippen molar-refractivity contribution in [1.29, 1.82) is 0 Å². The van der Waals surface area contributed by atoms with Gasteiger partial charge in [-0.25, -0.2) is 13.2 Å². The first kappa shape index (κ1) is 31.1. The first-order valence-electron chi connectivity index (χ1n) is 12.8. The van der Waals surface area contributed by atoms with E-state index in [4.69, 9.17) is 16.3 Å². The van der Waals surface area contributed by atoms with Crippen LogP contribution in [0.3, 0.4) is 0 Å². The topological polar surface area (TPSA) is 105 Å². The first-order chi connectivity index (χ1) is 18.7. The van der Waals surface area contributed by atoms with Crippen LogP contribution >= 0.6 is 11.6 Å². The van der Waals surface area contributed by atoms with Gasteiger partial charge < -0.3 is 15.0 Å². The lowest BCUT2D eigenvalue weighted by molar-refractivity contribution is -0.143. The van der Waals surface area contributed by atoms with Crippen molar-refractivity contribution in [2.45, 2.75) is 45.1 Å². The number of methoxy groups -OCH3 is 1. The molecule has 214 valence electrons. The molecule has 0 fully saturated rings. The van der Waals surface area contributed by atoms with Crippen molar-refractivity contribution in [3.8, 4) is 11.1 Å². The molecule has 0 bridgehead atoms. The number of carbonyl (C=O) groups excluding carboxylic acids is 2. The Balaban J connectivity index is 1.88. The lowest BCUT2D eigenvalue weighted by Crippen LogP contribution is -2.43. The van der Waals surface area contributed by atoms with Crippen LogP contribution in [0.25, 0.3) is 11.1 Å². The molecule has 0 radical (unpaired) electrons. The van der Waals surface area contributed by atoms with Crippen LogP contribution in [-0.2, 0) is 19.6 Å². The molecular weight excluding hydrogens is 550 g/mol. The van der Waals surface area contributed by atoms with Gasteiger partial charge in [-0.3, -0.25) is 9.52 Å². The van der Waals surface area contributed by atoms with E-state index in [1.807, 2.05) is 51.0 Å². The van der Waals surface area contributed by atoms with Crippen LogP contribution in [-0.4, -0.2) is 59.0 Å². The molecule has 1 atom stereocenters. The number of anilines is 1. The van der Waals surface area contributed by atoms with Crippen LogP contribution in [0.4, 0.5) is 5.69 Å². The number of rotatable bonds is 10. The van der Waals surface area contributed by atoms with Crippen molar-refractivity contribution in [2.24, 2.45) is 0 Å². The molecule has 8 nitrogen and oxygen atoms in total. The third-order valence-electron chi connectivity index (χ3n) is 6.61. The number of hydrogen-bond acceptors (Lipinski definition) is 6. The predicted molar refractivity (Wildman–Crippen MR) is 160 cm³/mol. The average Bonchev–Trinajstić information content (AvgIpc) is 2.87. The van der Waals surface area contributed by atoms with E-state index in [-0.39, 0.29) is 10.8 Å². The van der Waals surface area contributed by atoms with Crippen molar-refractivity contribution < 1.29 is 22.7 Å². The summed E-state index contributed by atoms with van der Waals surface area (Å²) in [5.74, 6) is -0.851. The molecule has 0 unspecified atom stereocenters. The Kier molecular flexibility index (Phi) is 10.00. The number of nitrogens with zero attached hydrogens (tertiary/aromatic N) is 1. The van der Waals surface area contributed by atoms with Crippen molar-refractivity contribution in [3.05, 3.63) is 81.4 Å². The van der Waals surface area contributed by atoms with Gasteiger partial charge in [-0.15, -0.1) is 0 Å². The molecule has 0 aliphatic heterocycles. The summed E-state index contributed by atoms with van der Waals surface area (Å²) in [5.41, 5.74) is 5.16. The molecular formula is C30H36ClN3O5S. The van der Waals surface area contributed by atoms with Gasteiger partial charge in [-0.2, -0.15) is 0 Å². The van der Waals surface area contributed by atoms with Crippen LogP contribution in [0.2, 0.25) is 5.02 Å². The lowest BCUT2D eigenvalue weighted by Gasteiger charge is -2.20. The van der Waals surface area contributed by atoms with E-state index in [1.165, 1.54) is 7.11 Å². The SMILES string of the molecule is COC(=O)[C@H](CCN(C)C)NC(=O)c1c(C)cc(-c2cccc(NS(=O)(=O)c3cc(C)c(Cl)cc3C)c2)cc1C. The smallest absolute Gasteiger partial charge is 0.328 e. The van der Waals surface area contributed by atoms with Gasteiger partial charge in [0, 0.05) is 22.8 Å². The number of nitrogens with one attached hydrogen (secondary N) is 2. The highest BCUT2D eigenvalue weighted by atomic mass is 35.5. The molecule has 0 saturated heterocycles.